The monoisotopic (exact) mass is 498 g/mol. The third kappa shape index (κ3) is 5.91. The van der Waals surface area contributed by atoms with Crippen LogP contribution in [0.15, 0.2) is 46.0 Å². The zero-order valence-electron chi connectivity index (χ0n) is 20.5. The van der Waals surface area contributed by atoms with E-state index in [0.717, 1.165) is 91.6 Å². The smallest absolute Gasteiger partial charge is 0.195 e. The van der Waals surface area contributed by atoms with Crippen LogP contribution in [-0.2, 0) is 22.6 Å². The first-order valence-corrected chi connectivity index (χ1v) is 13.3. The number of hydrogen-bond donors (Lipinski definition) is 0. The van der Waals surface area contributed by atoms with Gasteiger partial charge in [-0.1, -0.05) is 17.8 Å². The number of benzene rings is 1. The van der Waals surface area contributed by atoms with Crippen LogP contribution < -0.4 is 4.74 Å². The van der Waals surface area contributed by atoms with Gasteiger partial charge in [-0.3, -0.25) is 9.47 Å². The number of nitrogens with zero attached hydrogens (tertiary/aromatic N) is 4. The van der Waals surface area contributed by atoms with Gasteiger partial charge in [-0.05, 0) is 63.0 Å². The molecule has 2 fully saturated rings. The summed E-state index contributed by atoms with van der Waals surface area (Å²) in [6.07, 6.45) is 4.62. The number of ether oxygens (including phenoxy) is 3. The van der Waals surface area contributed by atoms with Crippen molar-refractivity contribution >= 4 is 11.8 Å². The first kappa shape index (κ1) is 24.4. The van der Waals surface area contributed by atoms with Crippen LogP contribution >= 0.6 is 11.8 Å². The zero-order chi connectivity index (χ0) is 24.0. The molecule has 5 rings (SSSR count). The second-order valence-electron chi connectivity index (χ2n) is 9.18. The van der Waals surface area contributed by atoms with E-state index in [2.05, 4.69) is 32.8 Å². The Morgan fingerprint density at radius 3 is 2.69 bits per heavy atom. The highest BCUT2D eigenvalue weighted by Gasteiger charge is 2.28. The van der Waals surface area contributed by atoms with Gasteiger partial charge < -0.3 is 18.6 Å². The maximum Gasteiger partial charge on any atom is 0.195 e. The molecule has 0 N–H and O–H groups in total. The number of likely N-dealkylation sites (tertiary alicyclic amines) is 1. The minimum absolute atomic E-state index is 0.299. The molecule has 1 unspecified atom stereocenters. The number of rotatable bonds is 10. The Morgan fingerprint density at radius 1 is 1.06 bits per heavy atom. The minimum atomic E-state index is 0.299. The molecule has 1 atom stereocenters. The molecule has 1 aromatic carbocycles. The Hall–Kier alpha value is -2.33. The van der Waals surface area contributed by atoms with E-state index in [1.807, 2.05) is 18.2 Å². The van der Waals surface area contributed by atoms with E-state index >= 15 is 0 Å². The molecule has 0 amide bonds. The fourth-order valence-electron chi connectivity index (χ4n) is 4.87. The highest BCUT2D eigenvalue weighted by molar-refractivity contribution is 7.99. The molecule has 2 saturated heterocycles. The van der Waals surface area contributed by atoms with Crippen molar-refractivity contribution in [1.29, 1.82) is 0 Å². The van der Waals surface area contributed by atoms with Crippen molar-refractivity contribution in [2.75, 3.05) is 39.7 Å². The zero-order valence-corrected chi connectivity index (χ0v) is 21.3. The molecule has 188 valence electrons. The van der Waals surface area contributed by atoms with Crippen LogP contribution in [0, 0.1) is 0 Å². The van der Waals surface area contributed by atoms with Gasteiger partial charge in [0.05, 0.1) is 25.4 Å². The maximum atomic E-state index is 5.89. The van der Waals surface area contributed by atoms with Gasteiger partial charge >= 0.3 is 0 Å². The summed E-state index contributed by atoms with van der Waals surface area (Å²) < 4.78 is 24.6. The van der Waals surface area contributed by atoms with E-state index in [1.54, 1.807) is 26.0 Å². The fourth-order valence-corrected chi connectivity index (χ4v) is 5.90. The largest absolute Gasteiger partial charge is 0.497 e. The first-order chi connectivity index (χ1) is 17.2. The van der Waals surface area contributed by atoms with E-state index in [1.165, 1.54) is 0 Å². The second kappa shape index (κ2) is 11.6. The van der Waals surface area contributed by atoms with Crippen LogP contribution in [0.25, 0.3) is 5.69 Å². The van der Waals surface area contributed by atoms with Crippen LogP contribution in [-0.4, -0.2) is 65.4 Å². The van der Waals surface area contributed by atoms with Gasteiger partial charge in [-0.2, -0.15) is 0 Å². The summed E-state index contributed by atoms with van der Waals surface area (Å²) in [7, 11) is 3.38. The third-order valence-electron chi connectivity index (χ3n) is 6.73. The van der Waals surface area contributed by atoms with Gasteiger partial charge in [0.2, 0.25) is 0 Å². The normalized spacial score (nSPS) is 19.4. The maximum absolute atomic E-state index is 5.89. The molecule has 0 spiro atoms. The summed E-state index contributed by atoms with van der Waals surface area (Å²) in [4.78, 5) is 2.45. The van der Waals surface area contributed by atoms with Crippen molar-refractivity contribution in [3.05, 3.63) is 53.7 Å². The molecule has 0 bridgehead atoms. The predicted molar refractivity (Wildman–Crippen MR) is 134 cm³/mol. The van der Waals surface area contributed by atoms with Crippen molar-refractivity contribution in [3.63, 3.8) is 0 Å². The highest BCUT2D eigenvalue weighted by Crippen LogP contribution is 2.34. The Labute approximate surface area is 210 Å². The standard InChI is InChI=1S/C26H34N4O4S/c1-31-17-23-9-8-22(34-23)16-29-12-10-19(11-13-29)25-27-28-26(35-18-24-7-4-14-33-24)30(25)20-5-3-6-21(15-20)32-2/h3,5-6,8-9,15,19,24H,4,7,10-14,16-18H2,1-2H3. The summed E-state index contributed by atoms with van der Waals surface area (Å²) >= 11 is 1.74. The van der Waals surface area contributed by atoms with Gasteiger partial charge in [0.25, 0.3) is 0 Å². The lowest BCUT2D eigenvalue weighted by Gasteiger charge is -2.31. The number of piperidine rings is 1. The van der Waals surface area contributed by atoms with Crippen LogP contribution in [0.5, 0.6) is 5.75 Å². The van der Waals surface area contributed by atoms with Crippen molar-refractivity contribution in [2.45, 2.75) is 56.0 Å². The molecule has 35 heavy (non-hydrogen) atoms. The molecule has 3 aromatic rings. The van der Waals surface area contributed by atoms with E-state index in [4.69, 9.17) is 23.7 Å². The van der Waals surface area contributed by atoms with Gasteiger partial charge in [-0.25, -0.2) is 0 Å². The van der Waals surface area contributed by atoms with Crippen LogP contribution in [0.2, 0.25) is 0 Å². The van der Waals surface area contributed by atoms with Gasteiger partial charge in [-0.15, -0.1) is 10.2 Å². The van der Waals surface area contributed by atoms with Crippen molar-refractivity contribution in [2.24, 2.45) is 0 Å². The Morgan fingerprint density at radius 2 is 1.91 bits per heavy atom. The highest BCUT2D eigenvalue weighted by atomic mass is 32.2. The fraction of sp³-hybridized carbons (Fsp3) is 0.538. The molecule has 8 nitrogen and oxygen atoms in total. The molecule has 2 aromatic heterocycles. The van der Waals surface area contributed by atoms with E-state index in [9.17, 15) is 0 Å². The summed E-state index contributed by atoms with van der Waals surface area (Å²) in [5, 5.41) is 10.3. The summed E-state index contributed by atoms with van der Waals surface area (Å²) in [6, 6.07) is 12.2. The third-order valence-corrected chi connectivity index (χ3v) is 7.79. The lowest BCUT2D eigenvalue weighted by atomic mass is 9.95. The first-order valence-electron chi connectivity index (χ1n) is 12.4. The number of aromatic nitrogens is 3. The molecule has 0 saturated carbocycles. The average molecular weight is 499 g/mol. The number of thioether (sulfide) groups is 1. The van der Waals surface area contributed by atoms with E-state index in [0.29, 0.717) is 18.6 Å². The Bertz CT molecular complexity index is 1090. The molecule has 4 heterocycles. The molecule has 2 aliphatic rings. The van der Waals surface area contributed by atoms with Crippen LogP contribution in [0.4, 0.5) is 0 Å². The van der Waals surface area contributed by atoms with Crippen molar-refractivity contribution in [1.82, 2.24) is 19.7 Å². The molecule has 0 radical (unpaired) electrons. The number of methoxy groups -OCH3 is 2. The van der Waals surface area contributed by atoms with Crippen LogP contribution in [0.3, 0.4) is 0 Å². The van der Waals surface area contributed by atoms with E-state index < -0.39 is 0 Å². The second-order valence-corrected chi connectivity index (χ2v) is 10.2. The topological polar surface area (TPSA) is 74.8 Å². The predicted octanol–water partition coefficient (Wildman–Crippen LogP) is 4.67. The lowest BCUT2D eigenvalue weighted by molar-refractivity contribution is 0.129. The molecular weight excluding hydrogens is 464 g/mol. The van der Waals surface area contributed by atoms with Gasteiger partial charge in [0.15, 0.2) is 5.16 Å². The molecule has 9 heteroatoms. The van der Waals surface area contributed by atoms with E-state index in [-0.39, 0.29) is 0 Å². The van der Waals surface area contributed by atoms with Crippen molar-refractivity contribution < 1.29 is 18.6 Å². The Kier molecular flexibility index (Phi) is 8.08. The summed E-state index contributed by atoms with van der Waals surface area (Å²) in [6.45, 7) is 4.18. The molecular formula is C26H34N4O4S. The summed E-state index contributed by atoms with van der Waals surface area (Å²) in [5.74, 6) is 4.98. The van der Waals surface area contributed by atoms with Gasteiger partial charge in [0, 0.05) is 31.5 Å². The minimum Gasteiger partial charge on any atom is -0.497 e. The average Bonchev–Trinajstić information content (AvgIpc) is 3.65. The van der Waals surface area contributed by atoms with Crippen molar-refractivity contribution in [3.8, 4) is 11.4 Å². The van der Waals surface area contributed by atoms with Crippen LogP contribution in [0.1, 0.15) is 48.9 Å². The lowest BCUT2D eigenvalue weighted by Crippen LogP contribution is -2.33. The van der Waals surface area contributed by atoms with Gasteiger partial charge in [0.1, 0.15) is 29.7 Å². The SMILES string of the molecule is COCc1ccc(CN2CCC(c3nnc(SCC4CCCO4)n3-c3cccc(OC)c3)CC2)o1. The molecule has 2 aliphatic heterocycles. The number of furan rings is 1. The Balaban J connectivity index is 1.30. The summed E-state index contributed by atoms with van der Waals surface area (Å²) in [5.41, 5.74) is 1.04. The molecule has 0 aliphatic carbocycles. The quantitative estimate of drug-likeness (QED) is 0.374. The number of hydrogen-bond acceptors (Lipinski definition) is 8.